The van der Waals surface area contributed by atoms with Gasteiger partial charge in [-0.25, -0.2) is 0 Å². The fourth-order valence-electron chi connectivity index (χ4n) is 3.58. The van der Waals surface area contributed by atoms with Gasteiger partial charge < -0.3 is 28.8 Å². The number of aromatic hydroxyl groups is 1. The molecule has 3 rings (SSSR count). The molecule has 3 atom stereocenters. The fourth-order valence-corrected chi connectivity index (χ4v) is 3.58. The predicted octanol–water partition coefficient (Wildman–Crippen LogP) is 3.68. The Bertz CT molecular complexity index is 775. The molecule has 0 saturated carbocycles. The van der Waals surface area contributed by atoms with Crippen LogP contribution in [0.15, 0.2) is 36.4 Å². The Morgan fingerprint density at radius 1 is 0.852 bits per heavy atom. The first-order valence-electron chi connectivity index (χ1n) is 8.84. The zero-order chi connectivity index (χ0) is 19.4. The number of hydrogen-bond acceptors (Lipinski definition) is 6. The summed E-state index contributed by atoms with van der Waals surface area (Å²) in [5.74, 6) is 2.06. The molecule has 2 aromatic rings. The van der Waals surface area contributed by atoms with E-state index in [9.17, 15) is 5.11 Å². The molecule has 1 fully saturated rings. The number of phenolic OH excluding ortho intramolecular Hbond substituents is 1. The molecule has 6 heteroatoms. The maximum Gasteiger partial charge on any atom is 0.160 e. The van der Waals surface area contributed by atoms with Crippen LogP contribution in [0.5, 0.6) is 23.0 Å². The normalized spacial score (nSPS) is 22.3. The third-order valence-corrected chi connectivity index (χ3v) is 5.09. The van der Waals surface area contributed by atoms with Crippen molar-refractivity contribution in [1.29, 1.82) is 0 Å². The lowest BCUT2D eigenvalue weighted by Gasteiger charge is -2.36. The van der Waals surface area contributed by atoms with E-state index in [2.05, 4.69) is 0 Å². The average Bonchev–Trinajstić information content (AvgIpc) is 2.72. The molecule has 1 aliphatic heterocycles. The van der Waals surface area contributed by atoms with E-state index in [0.717, 1.165) is 17.5 Å². The summed E-state index contributed by atoms with van der Waals surface area (Å²) in [5, 5.41) is 10.1. The Hall–Kier alpha value is -2.44. The minimum absolute atomic E-state index is 0.0637. The van der Waals surface area contributed by atoms with Crippen molar-refractivity contribution in [3.05, 3.63) is 47.5 Å². The zero-order valence-electron chi connectivity index (χ0n) is 16.1. The number of hydrogen-bond donors (Lipinski definition) is 1. The lowest BCUT2D eigenvalue weighted by molar-refractivity contribution is -0.0854. The Labute approximate surface area is 159 Å². The lowest BCUT2D eigenvalue weighted by Crippen LogP contribution is -2.34. The average molecular weight is 374 g/mol. The first-order valence-corrected chi connectivity index (χ1v) is 8.84. The number of methoxy groups -OCH3 is 4. The lowest BCUT2D eigenvalue weighted by atomic mass is 9.84. The van der Waals surface area contributed by atoms with Crippen molar-refractivity contribution in [1.82, 2.24) is 0 Å². The molecule has 1 aliphatic rings. The Morgan fingerprint density at radius 2 is 1.52 bits per heavy atom. The van der Waals surface area contributed by atoms with Gasteiger partial charge in [0.25, 0.3) is 0 Å². The first kappa shape index (κ1) is 19.3. The van der Waals surface area contributed by atoms with Crippen LogP contribution < -0.4 is 14.2 Å². The minimum Gasteiger partial charge on any atom is -0.504 e. The summed E-state index contributed by atoms with van der Waals surface area (Å²) >= 11 is 0. The fraction of sp³-hybridized carbons (Fsp3) is 0.429. The molecular weight excluding hydrogens is 348 g/mol. The third kappa shape index (κ3) is 3.96. The van der Waals surface area contributed by atoms with Crippen molar-refractivity contribution in [3.8, 4) is 23.0 Å². The van der Waals surface area contributed by atoms with Crippen molar-refractivity contribution in [2.75, 3.05) is 35.0 Å². The summed E-state index contributed by atoms with van der Waals surface area (Å²) in [4.78, 5) is 0. The molecule has 0 radical (unpaired) electrons. The molecule has 6 nitrogen and oxygen atoms in total. The molecule has 0 amide bonds. The molecule has 3 unspecified atom stereocenters. The molecule has 0 spiro atoms. The quantitative estimate of drug-likeness (QED) is 0.832. The molecule has 1 N–H and O–H groups in total. The first-order chi connectivity index (χ1) is 13.1. The standard InChI is InChI=1S/C21H26O6/c1-23-17-7-6-14(9-16(17)22)19-11-15(21(26-4)12-27-19)13-5-8-18(24-2)20(10-13)25-3/h5-10,15,19,21-22H,11-12H2,1-4H3. The van der Waals surface area contributed by atoms with Gasteiger partial charge >= 0.3 is 0 Å². The second kappa shape index (κ2) is 8.50. The molecule has 0 aliphatic carbocycles. The topological polar surface area (TPSA) is 66.4 Å². The zero-order valence-corrected chi connectivity index (χ0v) is 16.1. The summed E-state index contributed by atoms with van der Waals surface area (Å²) in [6.07, 6.45) is 0.511. The molecule has 1 saturated heterocycles. The van der Waals surface area contributed by atoms with Crippen molar-refractivity contribution in [3.63, 3.8) is 0 Å². The van der Waals surface area contributed by atoms with E-state index in [0.29, 0.717) is 23.9 Å². The summed E-state index contributed by atoms with van der Waals surface area (Å²) in [7, 11) is 6.47. The highest BCUT2D eigenvalue weighted by atomic mass is 16.5. The molecule has 27 heavy (non-hydrogen) atoms. The third-order valence-electron chi connectivity index (χ3n) is 5.09. The highest BCUT2D eigenvalue weighted by molar-refractivity contribution is 5.45. The molecule has 0 aromatic heterocycles. The summed E-state index contributed by atoms with van der Waals surface area (Å²) in [5.41, 5.74) is 2.01. The van der Waals surface area contributed by atoms with Crippen LogP contribution in [0, 0.1) is 0 Å². The highest BCUT2D eigenvalue weighted by Gasteiger charge is 2.34. The number of benzene rings is 2. The second-order valence-corrected chi connectivity index (χ2v) is 6.48. The van der Waals surface area contributed by atoms with Gasteiger partial charge in [0.05, 0.1) is 40.1 Å². The van der Waals surface area contributed by atoms with Crippen molar-refractivity contribution in [2.45, 2.75) is 24.5 Å². The largest absolute Gasteiger partial charge is 0.504 e. The highest BCUT2D eigenvalue weighted by Crippen LogP contribution is 2.42. The van der Waals surface area contributed by atoms with Crippen LogP contribution in [0.2, 0.25) is 0 Å². The van der Waals surface area contributed by atoms with E-state index in [-0.39, 0.29) is 23.9 Å². The van der Waals surface area contributed by atoms with Crippen molar-refractivity contribution < 1.29 is 28.8 Å². The van der Waals surface area contributed by atoms with Crippen LogP contribution in [0.25, 0.3) is 0 Å². The molecule has 0 bridgehead atoms. The van der Waals surface area contributed by atoms with Gasteiger partial charge in [0, 0.05) is 13.0 Å². The van der Waals surface area contributed by atoms with E-state index in [1.165, 1.54) is 7.11 Å². The van der Waals surface area contributed by atoms with Gasteiger partial charge in [0.1, 0.15) is 0 Å². The van der Waals surface area contributed by atoms with Crippen LogP contribution >= 0.6 is 0 Å². The summed E-state index contributed by atoms with van der Waals surface area (Å²) in [6.45, 7) is 0.465. The van der Waals surface area contributed by atoms with Crippen LogP contribution in [0.1, 0.15) is 29.6 Å². The SMILES string of the molecule is COc1ccc(C2CC(c3ccc(OC)c(OC)c3)C(OC)CO2)cc1O. The smallest absolute Gasteiger partial charge is 0.160 e. The van der Waals surface area contributed by atoms with Gasteiger partial charge in [-0.3, -0.25) is 0 Å². The number of phenols is 1. The minimum atomic E-state index is -0.147. The predicted molar refractivity (Wildman–Crippen MR) is 101 cm³/mol. The van der Waals surface area contributed by atoms with Crippen molar-refractivity contribution >= 4 is 0 Å². The van der Waals surface area contributed by atoms with E-state index in [4.69, 9.17) is 23.7 Å². The maximum atomic E-state index is 10.1. The molecule has 1 heterocycles. The Balaban J connectivity index is 1.88. The number of ether oxygens (including phenoxy) is 5. The molecule has 146 valence electrons. The van der Waals surface area contributed by atoms with Crippen molar-refractivity contribution in [2.24, 2.45) is 0 Å². The van der Waals surface area contributed by atoms with Gasteiger partial charge in [0.15, 0.2) is 23.0 Å². The van der Waals surface area contributed by atoms with E-state index >= 15 is 0 Å². The van der Waals surface area contributed by atoms with Crippen LogP contribution in [-0.2, 0) is 9.47 Å². The monoisotopic (exact) mass is 374 g/mol. The van der Waals surface area contributed by atoms with Gasteiger partial charge in [0.2, 0.25) is 0 Å². The summed E-state index contributed by atoms with van der Waals surface area (Å²) in [6, 6.07) is 11.3. The Kier molecular flexibility index (Phi) is 6.08. The maximum absolute atomic E-state index is 10.1. The summed E-state index contributed by atoms with van der Waals surface area (Å²) < 4.78 is 27.6. The molecular formula is C21H26O6. The van der Waals surface area contributed by atoms with E-state index < -0.39 is 0 Å². The Morgan fingerprint density at radius 3 is 2.15 bits per heavy atom. The molecule has 2 aromatic carbocycles. The van der Waals surface area contributed by atoms with Gasteiger partial charge in [-0.05, 0) is 41.8 Å². The van der Waals surface area contributed by atoms with Gasteiger partial charge in [-0.2, -0.15) is 0 Å². The van der Waals surface area contributed by atoms with Crippen LogP contribution in [0.4, 0.5) is 0 Å². The van der Waals surface area contributed by atoms with E-state index in [1.807, 2.05) is 24.3 Å². The van der Waals surface area contributed by atoms with Gasteiger partial charge in [-0.15, -0.1) is 0 Å². The van der Waals surface area contributed by atoms with Gasteiger partial charge in [-0.1, -0.05) is 12.1 Å². The van der Waals surface area contributed by atoms with Crippen LogP contribution in [-0.4, -0.2) is 46.3 Å². The van der Waals surface area contributed by atoms with Crippen LogP contribution in [0.3, 0.4) is 0 Å². The second-order valence-electron chi connectivity index (χ2n) is 6.48. The number of rotatable bonds is 6. The van der Waals surface area contributed by atoms with E-state index in [1.54, 1.807) is 33.5 Å².